The quantitative estimate of drug-likeness (QED) is 0.657. The number of sulfonamides is 1. The number of hydrogen-bond donors (Lipinski definition) is 1. The van der Waals surface area contributed by atoms with Gasteiger partial charge in [-0.1, -0.05) is 25.8 Å². The Morgan fingerprint density at radius 1 is 0.943 bits per heavy atom. The number of carbonyl (C=O) groups excluding carboxylic acids is 1. The van der Waals surface area contributed by atoms with Crippen molar-refractivity contribution in [2.24, 2.45) is 0 Å². The number of carbonyl (C=O) groups is 1. The molecule has 1 amide bonds. The highest BCUT2D eigenvalue weighted by atomic mass is 32.2. The molecule has 0 radical (unpaired) electrons. The molecule has 2 heterocycles. The molecule has 2 fully saturated rings. The molecule has 0 atom stereocenters. The van der Waals surface area contributed by atoms with Gasteiger partial charge in [0, 0.05) is 31.9 Å². The van der Waals surface area contributed by atoms with Gasteiger partial charge in [-0.3, -0.25) is 4.79 Å². The van der Waals surface area contributed by atoms with E-state index in [0.717, 1.165) is 50.9 Å². The van der Waals surface area contributed by atoms with Crippen molar-refractivity contribution in [3.63, 3.8) is 0 Å². The molecule has 0 bridgehead atoms. The van der Waals surface area contributed by atoms with E-state index in [4.69, 9.17) is 9.47 Å². The highest BCUT2D eigenvalue weighted by molar-refractivity contribution is 7.89. The Hall–Kier alpha value is -2.62. The van der Waals surface area contributed by atoms with Crippen LogP contribution in [0.1, 0.15) is 38.2 Å². The molecule has 1 N–H and O–H groups in total. The summed E-state index contributed by atoms with van der Waals surface area (Å²) in [5.74, 6) is 1.32. The maximum absolute atomic E-state index is 13.6. The minimum Gasteiger partial charge on any atom is -0.486 e. The van der Waals surface area contributed by atoms with Gasteiger partial charge in [0.15, 0.2) is 11.5 Å². The van der Waals surface area contributed by atoms with Crippen LogP contribution in [0.2, 0.25) is 0 Å². The van der Waals surface area contributed by atoms with Crippen molar-refractivity contribution >= 4 is 21.6 Å². The average Bonchev–Trinajstić information content (AvgIpc) is 3.40. The molecular formula is C26H33N3O5S. The van der Waals surface area contributed by atoms with Crippen LogP contribution >= 0.6 is 0 Å². The van der Waals surface area contributed by atoms with E-state index in [1.807, 2.05) is 18.2 Å². The fraction of sp³-hybridized carbons (Fsp3) is 0.500. The lowest BCUT2D eigenvalue weighted by molar-refractivity contribution is -0.121. The number of anilines is 1. The van der Waals surface area contributed by atoms with Crippen LogP contribution in [0.5, 0.6) is 11.5 Å². The highest BCUT2D eigenvalue weighted by Crippen LogP contribution is 2.45. The molecule has 9 heteroatoms. The van der Waals surface area contributed by atoms with E-state index >= 15 is 0 Å². The Morgan fingerprint density at radius 3 is 2.26 bits per heavy atom. The van der Waals surface area contributed by atoms with Gasteiger partial charge < -0.3 is 19.7 Å². The summed E-state index contributed by atoms with van der Waals surface area (Å²) in [7, 11) is -3.55. The first-order chi connectivity index (χ1) is 16.9. The molecule has 2 aromatic carbocycles. The van der Waals surface area contributed by atoms with Gasteiger partial charge in [0.25, 0.3) is 0 Å². The first-order valence-corrected chi connectivity index (χ1v) is 13.9. The molecule has 1 saturated heterocycles. The van der Waals surface area contributed by atoms with E-state index in [1.54, 1.807) is 28.6 Å². The number of likely N-dealkylation sites (N-methyl/N-ethyl adjacent to an activating group) is 1. The van der Waals surface area contributed by atoms with Crippen molar-refractivity contribution in [3.05, 3.63) is 48.0 Å². The molecule has 2 aromatic rings. The number of amides is 1. The van der Waals surface area contributed by atoms with Crippen LogP contribution in [0.4, 0.5) is 5.69 Å². The zero-order valence-corrected chi connectivity index (χ0v) is 21.0. The maximum Gasteiger partial charge on any atom is 0.243 e. The smallest absolute Gasteiger partial charge is 0.243 e. The van der Waals surface area contributed by atoms with E-state index in [1.165, 1.54) is 0 Å². The third-order valence-electron chi connectivity index (χ3n) is 7.51. The van der Waals surface area contributed by atoms with Gasteiger partial charge in [0.05, 0.1) is 10.3 Å². The van der Waals surface area contributed by atoms with Gasteiger partial charge in [-0.05, 0) is 61.3 Å². The van der Waals surface area contributed by atoms with Gasteiger partial charge >= 0.3 is 0 Å². The zero-order valence-electron chi connectivity index (χ0n) is 20.2. The fourth-order valence-electron chi connectivity index (χ4n) is 5.36. The van der Waals surface area contributed by atoms with Crippen LogP contribution in [0, 0.1) is 0 Å². The van der Waals surface area contributed by atoms with Gasteiger partial charge in [-0.2, -0.15) is 4.31 Å². The third-order valence-corrected chi connectivity index (χ3v) is 9.43. The predicted molar refractivity (Wildman–Crippen MR) is 134 cm³/mol. The molecule has 35 heavy (non-hydrogen) atoms. The number of fused-ring (bicyclic) bond motifs is 1. The summed E-state index contributed by atoms with van der Waals surface area (Å²) in [5, 5.41) is 3.05. The lowest BCUT2D eigenvalue weighted by Gasteiger charge is -2.33. The van der Waals surface area contributed by atoms with Crippen LogP contribution in [0.3, 0.4) is 0 Å². The number of nitrogens with one attached hydrogen (secondary N) is 1. The molecule has 188 valence electrons. The van der Waals surface area contributed by atoms with Crippen molar-refractivity contribution in [3.8, 4) is 11.5 Å². The Morgan fingerprint density at radius 2 is 1.60 bits per heavy atom. The van der Waals surface area contributed by atoms with Gasteiger partial charge in [-0.25, -0.2) is 8.42 Å². The van der Waals surface area contributed by atoms with E-state index in [0.29, 0.717) is 43.5 Å². The summed E-state index contributed by atoms with van der Waals surface area (Å²) >= 11 is 0. The molecule has 5 rings (SSSR count). The molecule has 3 aliphatic rings. The molecule has 8 nitrogen and oxygen atoms in total. The van der Waals surface area contributed by atoms with Crippen LogP contribution in [-0.4, -0.2) is 69.5 Å². The van der Waals surface area contributed by atoms with Crippen molar-refractivity contribution in [2.75, 3.05) is 51.3 Å². The SMILES string of the molecule is CCN1CCN(S(=O)(=O)c2ccc(NC(=O)C3(c4ccc5c(c4)OCCO5)CCCC3)cc2)CC1. The first-order valence-electron chi connectivity index (χ1n) is 12.5. The number of rotatable bonds is 6. The fourth-order valence-corrected chi connectivity index (χ4v) is 6.78. The Balaban J connectivity index is 1.32. The second-order valence-electron chi connectivity index (χ2n) is 9.46. The number of hydrogen-bond acceptors (Lipinski definition) is 6. The largest absolute Gasteiger partial charge is 0.486 e. The maximum atomic E-state index is 13.6. The predicted octanol–water partition coefficient (Wildman–Crippen LogP) is 3.23. The highest BCUT2D eigenvalue weighted by Gasteiger charge is 2.43. The minimum atomic E-state index is -3.55. The molecule has 0 unspecified atom stereocenters. The molecular weight excluding hydrogens is 466 g/mol. The summed E-state index contributed by atoms with van der Waals surface area (Å²) in [6.45, 7) is 6.51. The first kappa shape index (κ1) is 24.1. The summed E-state index contributed by atoms with van der Waals surface area (Å²) in [6.07, 6.45) is 3.47. The Labute approximate surface area is 207 Å². The van der Waals surface area contributed by atoms with E-state index in [9.17, 15) is 13.2 Å². The molecule has 1 aliphatic carbocycles. The standard InChI is InChI=1S/C26H33N3O5S/c1-2-28-13-15-29(16-14-28)35(31,32)22-8-6-21(7-9-22)27-25(30)26(11-3-4-12-26)20-5-10-23-24(19-20)34-18-17-33-23/h5-10,19H,2-4,11-18H2,1H3,(H,27,30). The van der Waals surface area contributed by atoms with Crippen LogP contribution in [0.15, 0.2) is 47.4 Å². The van der Waals surface area contributed by atoms with Crippen molar-refractivity contribution in [2.45, 2.75) is 42.9 Å². The van der Waals surface area contributed by atoms with Crippen LogP contribution in [-0.2, 0) is 20.2 Å². The second kappa shape index (κ2) is 9.79. The lowest BCUT2D eigenvalue weighted by atomic mass is 9.77. The number of benzene rings is 2. The summed E-state index contributed by atoms with van der Waals surface area (Å²) in [6, 6.07) is 12.3. The summed E-state index contributed by atoms with van der Waals surface area (Å²) in [5.41, 5.74) is 0.884. The van der Waals surface area contributed by atoms with E-state index < -0.39 is 15.4 Å². The lowest BCUT2D eigenvalue weighted by Crippen LogP contribution is -2.48. The van der Waals surface area contributed by atoms with Gasteiger partial charge in [0.1, 0.15) is 13.2 Å². The Bertz CT molecular complexity index is 1170. The van der Waals surface area contributed by atoms with Gasteiger partial charge in [0.2, 0.25) is 15.9 Å². The average molecular weight is 500 g/mol. The molecule has 2 aliphatic heterocycles. The van der Waals surface area contributed by atoms with Crippen molar-refractivity contribution in [1.29, 1.82) is 0 Å². The third kappa shape index (κ3) is 4.64. The molecule has 0 aromatic heterocycles. The monoisotopic (exact) mass is 499 g/mol. The topological polar surface area (TPSA) is 88.2 Å². The van der Waals surface area contributed by atoms with Crippen LogP contribution < -0.4 is 14.8 Å². The second-order valence-corrected chi connectivity index (χ2v) is 11.4. The molecule has 0 spiro atoms. The number of ether oxygens (including phenoxy) is 2. The van der Waals surface area contributed by atoms with Crippen LogP contribution in [0.25, 0.3) is 0 Å². The summed E-state index contributed by atoms with van der Waals surface area (Å²) < 4.78 is 39.1. The molecule has 1 saturated carbocycles. The summed E-state index contributed by atoms with van der Waals surface area (Å²) in [4.78, 5) is 16.1. The van der Waals surface area contributed by atoms with Crippen molar-refractivity contribution in [1.82, 2.24) is 9.21 Å². The van der Waals surface area contributed by atoms with Gasteiger partial charge in [-0.15, -0.1) is 0 Å². The Kier molecular flexibility index (Phi) is 6.74. The number of nitrogens with zero attached hydrogens (tertiary/aromatic N) is 2. The van der Waals surface area contributed by atoms with E-state index in [-0.39, 0.29) is 10.8 Å². The number of piperazine rings is 1. The normalized spacial score (nSPS) is 20.5. The van der Waals surface area contributed by atoms with E-state index in [2.05, 4.69) is 17.1 Å². The zero-order chi connectivity index (χ0) is 24.5. The van der Waals surface area contributed by atoms with Crippen molar-refractivity contribution < 1.29 is 22.7 Å². The minimum absolute atomic E-state index is 0.0713.